The number of methoxy groups -OCH3 is 1. The third kappa shape index (κ3) is 1.77. The average Bonchev–Trinajstić information content (AvgIpc) is 2.27. The Morgan fingerprint density at radius 3 is 2.80 bits per heavy atom. The molecule has 0 spiro atoms. The fraction of sp³-hybridized carbons (Fsp3) is 0.333. The highest BCUT2D eigenvalue weighted by Crippen LogP contribution is 2.25. The van der Waals surface area contributed by atoms with Crippen LogP contribution in [0.15, 0.2) is 24.4 Å². The highest BCUT2D eigenvalue weighted by molar-refractivity contribution is 5.80. The van der Waals surface area contributed by atoms with Crippen LogP contribution in [0.1, 0.15) is 25.5 Å². The third-order valence-electron chi connectivity index (χ3n) is 2.36. The number of hydrogen-bond donors (Lipinski definition) is 0. The fourth-order valence-corrected chi connectivity index (χ4v) is 1.50. The Balaban J connectivity index is 2.71. The third-order valence-corrected chi connectivity index (χ3v) is 2.36. The molecule has 0 saturated heterocycles. The number of rotatable bonds is 2. The van der Waals surface area contributed by atoms with E-state index < -0.39 is 0 Å². The molecule has 2 aromatic rings. The zero-order valence-corrected chi connectivity index (χ0v) is 9.19. The first-order valence-corrected chi connectivity index (χ1v) is 5.02. The van der Waals surface area contributed by atoms with Crippen LogP contribution in [-0.2, 0) is 0 Å². The van der Waals surface area contributed by atoms with Crippen LogP contribution in [0.25, 0.3) is 11.0 Å². The van der Waals surface area contributed by atoms with E-state index in [-0.39, 0.29) is 0 Å². The van der Waals surface area contributed by atoms with Gasteiger partial charge < -0.3 is 4.74 Å². The smallest absolute Gasteiger partial charge is 0.148 e. The van der Waals surface area contributed by atoms with Crippen molar-refractivity contribution in [2.45, 2.75) is 19.8 Å². The molecule has 3 heteroatoms. The molecule has 15 heavy (non-hydrogen) atoms. The van der Waals surface area contributed by atoms with Crippen molar-refractivity contribution in [3.8, 4) is 5.75 Å². The summed E-state index contributed by atoms with van der Waals surface area (Å²) in [6.45, 7) is 4.23. The van der Waals surface area contributed by atoms with Crippen molar-refractivity contribution in [3.05, 3.63) is 30.1 Å². The Morgan fingerprint density at radius 1 is 1.33 bits per heavy atom. The van der Waals surface area contributed by atoms with Crippen LogP contribution in [0, 0.1) is 0 Å². The van der Waals surface area contributed by atoms with Gasteiger partial charge in [0.05, 0.1) is 12.6 Å². The maximum atomic E-state index is 5.32. The maximum Gasteiger partial charge on any atom is 0.148 e. The monoisotopic (exact) mass is 202 g/mol. The molecule has 0 amide bonds. The molecule has 3 nitrogen and oxygen atoms in total. The van der Waals surface area contributed by atoms with Gasteiger partial charge in [0.2, 0.25) is 0 Å². The summed E-state index contributed by atoms with van der Waals surface area (Å²) in [5.41, 5.74) is 2.75. The van der Waals surface area contributed by atoms with Gasteiger partial charge in [-0.25, -0.2) is 0 Å². The highest BCUT2D eigenvalue weighted by Gasteiger charge is 2.08. The topological polar surface area (TPSA) is 35.0 Å². The molecular formula is C12H14N2O. The molecule has 2 rings (SSSR count). The molecule has 0 aliphatic carbocycles. The second kappa shape index (κ2) is 3.85. The van der Waals surface area contributed by atoms with E-state index in [4.69, 9.17) is 4.74 Å². The normalized spacial score (nSPS) is 10.9. The van der Waals surface area contributed by atoms with Crippen LogP contribution in [-0.4, -0.2) is 17.1 Å². The van der Waals surface area contributed by atoms with E-state index in [1.54, 1.807) is 13.3 Å². The summed E-state index contributed by atoms with van der Waals surface area (Å²) < 4.78 is 5.32. The van der Waals surface area contributed by atoms with Gasteiger partial charge >= 0.3 is 0 Å². The molecule has 0 aliphatic rings. The summed E-state index contributed by atoms with van der Waals surface area (Å²) in [5, 5.41) is 0. The van der Waals surface area contributed by atoms with Crippen molar-refractivity contribution in [2.75, 3.05) is 7.11 Å². The molecule has 0 N–H and O–H groups in total. The Hall–Kier alpha value is -1.64. The quantitative estimate of drug-likeness (QED) is 0.751. The van der Waals surface area contributed by atoms with E-state index in [2.05, 4.69) is 23.8 Å². The molecule has 78 valence electrons. The molecule has 0 aliphatic heterocycles. The summed E-state index contributed by atoms with van der Waals surface area (Å²) in [4.78, 5) is 8.81. The second-order valence-corrected chi connectivity index (χ2v) is 3.78. The summed E-state index contributed by atoms with van der Waals surface area (Å²) in [6.07, 6.45) is 1.75. The van der Waals surface area contributed by atoms with Crippen molar-refractivity contribution in [1.82, 2.24) is 9.97 Å². The number of pyridine rings is 2. The van der Waals surface area contributed by atoms with Gasteiger partial charge in [-0.3, -0.25) is 9.97 Å². The van der Waals surface area contributed by atoms with E-state index >= 15 is 0 Å². The molecule has 0 atom stereocenters. The SMILES string of the molecule is COc1cc(C(C)C)nc2cccnc12. The lowest BCUT2D eigenvalue weighted by Crippen LogP contribution is -1.97. The van der Waals surface area contributed by atoms with E-state index in [0.29, 0.717) is 5.92 Å². The van der Waals surface area contributed by atoms with Crippen molar-refractivity contribution >= 4 is 11.0 Å². The van der Waals surface area contributed by atoms with Gasteiger partial charge in [-0.1, -0.05) is 13.8 Å². The van der Waals surface area contributed by atoms with E-state index in [9.17, 15) is 0 Å². The summed E-state index contributed by atoms with van der Waals surface area (Å²) in [6, 6.07) is 5.80. The predicted molar refractivity (Wildman–Crippen MR) is 60.2 cm³/mol. The molecule has 0 radical (unpaired) electrons. The zero-order chi connectivity index (χ0) is 10.8. The summed E-state index contributed by atoms with van der Waals surface area (Å²) in [5.74, 6) is 1.19. The zero-order valence-electron chi connectivity index (χ0n) is 9.19. The van der Waals surface area contributed by atoms with Crippen LogP contribution in [0.5, 0.6) is 5.75 Å². The minimum atomic E-state index is 0.392. The van der Waals surface area contributed by atoms with Crippen molar-refractivity contribution in [1.29, 1.82) is 0 Å². The van der Waals surface area contributed by atoms with Gasteiger partial charge in [-0.2, -0.15) is 0 Å². The highest BCUT2D eigenvalue weighted by atomic mass is 16.5. The van der Waals surface area contributed by atoms with Crippen LogP contribution in [0.3, 0.4) is 0 Å². The minimum absolute atomic E-state index is 0.392. The van der Waals surface area contributed by atoms with Gasteiger partial charge in [0.1, 0.15) is 11.3 Å². The van der Waals surface area contributed by atoms with Crippen LogP contribution in [0.4, 0.5) is 0 Å². The van der Waals surface area contributed by atoms with Gasteiger partial charge in [0, 0.05) is 18.0 Å². The molecule has 2 heterocycles. The van der Waals surface area contributed by atoms with Crippen LogP contribution >= 0.6 is 0 Å². The largest absolute Gasteiger partial charge is 0.494 e. The lowest BCUT2D eigenvalue weighted by atomic mass is 10.1. The number of nitrogens with zero attached hydrogens (tertiary/aromatic N) is 2. The summed E-state index contributed by atoms with van der Waals surface area (Å²) >= 11 is 0. The molecule has 2 aromatic heterocycles. The first kappa shape index (κ1) is 9.90. The maximum absolute atomic E-state index is 5.32. The van der Waals surface area contributed by atoms with Crippen LogP contribution in [0.2, 0.25) is 0 Å². The number of fused-ring (bicyclic) bond motifs is 1. The van der Waals surface area contributed by atoms with Crippen LogP contribution < -0.4 is 4.74 Å². The molecule has 0 aromatic carbocycles. The standard InChI is InChI=1S/C12H14N2O/c1-8(2)10-7-11(15-3)12-9(14-10)5-4-6-13-12/h4-8H,1-3H3. The molecule has 0 saturated carbocycles. The van der Waals surface area contributed by atoms with E-state index in [1.807, 2.05) is 18.2 Å². The lowest BCUT2D eigenvalue weighted by molar-refractivity contribution is 0.417. The van der Waals surface area contributed by atoms with Crippen molar-refractivity contribution in [3.63, 3.8) is 0 Å². The molecule has 0 bridgehead atoms. The lowest BCUT2D eigenvalue weighted by Gasteiger charge is -2.09. The van der Waals surface area contributed by atoms with E-state index in [1.165, 1.54) is 0 Å². The van der Waals surface area contributed by atoms with Gasteiger partial charge in [-0.15, -0.1) is 0 Å². The van der Waals surface area contributed by atoms with Crippen molar-refractivity contribution in [2.24, 2.45) is 0 Å². The Morgan fingerprint density at radius 2 is 2.13 bits per heavy atom. The van der Waals surface area contributed by atoms with Gasteiger partial charge in [0.15, 0.2) is 0 Å². The second-order valence-electron chi connectivity index (χ2n) is 3.78. The number of hydrogen-bond acceptors (Lipinski definition) is 3. The average molecular weight is 202 g/mol. The van der Waals surface area contributed by atoms with Crippen molar-refractivity contribution < 1.29 is 4.74 Å². The minimum Gasteiger partial charge on any atom is -0.494 e. The molecule has 0 unspecified atom stereocenters. The van der Waals surface area contributed by atoms with E-state index in [0.717, 1.165) is 22.5 Å². The predicted octanol–water partition coefficient (Wildman–Crippen LogP) is 2.76. The number of ether oxygens (including phenoxy) is 1. The van der Waals surface area contributed by atoms with Gasteiger partial charge in [-0.05, 0) is 18.1 Å². The summed E-state index contributed by atoms with van der Waals surface area (Å²) in [7, 11) is 1.66. The number of aromatic nitrogens is 2. The molecule has 0 fully saturated rings. The van der Waals surface area contributed by atoms with Gasteiger partial charge in [0.25, 0.3) is 0 Å². The first-order chi connectivity index (χ1) is 7.22. The Kier molecular flexibility index (Phi) is 2.54. The Bertz CT molecular complexity index is 480. The first-order valence-electron chi connectivity index (χ1n) is 5.02. The Labute approximate surface area is 89.1 Å². The fourth-order valence-electron chi connectivity index (χ4n) is 1.50. The molecular weight excluding hydrogens is 188 g/mol.